The highest BCUT2D eigenvalue weighted by Gasteiger charge is 2.56. The van der Waals surface area contributed by atoms with Crippen LogP contribution in [0.2, 0.25) is 0 Å². The predicted octanol–water partition coefficient (Wildman–Crippen LogP) is 5.20. The Morgan fingerprint density at radius 2 is 1.61 bits per heavy atom. The summed E-state index contributed by atoms with van der Waals surface area (Å²) in [6, 6.07) is -1.15. The van der Waals surface area contributed by atoms with Gasteiger partial charge in [0.05, 0.1) is 30.5 Å². The van der Waals surface area contributed by atoms with Gasteiger partial charge in [0.15, 0.2) is 0 Å². The molecule has 0 radical (unpaired) electrons. The van der Waals surface area contributed by atoms with Crippen LogP contribution in [-0.4, -0.2) is 126 Å². The number of hydrogen-bond acceptors (Lipinski definition) is 12. The molecule has 3 fully saturated rings. The molecule has 3 aliphatic heterocycles. The quantitative estimate of drug-likeness (QED) is 0.126. The van der Waals surface area contributed by atoms with Crippen LogP contribution >= 0.6 is 0 Å². The fraction of sp³-hybridized carbons (Fsp3) is 0.739. The number of fused-ring (bicyclic) bond motifs is 3. The summed E-state index contributed by atoms with van der Waals surface area (Å²) >= 11 is 0. The minimum absolute atomic E-state index is 0.000610. The number of cyclic esters (lactones) is 1. The molecular weight excluding hydrogens is 759 g/mol. The lowest BCUT2D eigenvalue weighted by Crippen LogP contribution is -2.64. The fourth-order valence-electron chi connectivity index (χ4n) is 9.57. The van der Waals surface area contributed by atoms with E-state index in [1.165, 1.54) is 19.1 Å². The maximum atomic E-state index is 14.4. The van der Waals surface area contributed by atoms with Crippen molar-refractivity contribution in [1.82, 2.24) is 4.90 Å². The van der Waals surface area contributed by atoms with E-state index >= 15 is 0 Å². The van der Waals surface area contributed by atoms with Gasteiger partial charge in [-0.25, -0.2) is 4.79 Å². The van der Waals surface area contributed by atoms with Crippen molar-refractivity contribution in [3.63, 3.8) is 0 Å². The Balaban J connectivity index is 1.79. The number of rotatable bonds is 8. The summed E-state index contributed by atoms with van der Waals surface area (Å²) < 4.78 is 29.8. The second-order valence-electron chi connectivity index (χ2n) is 17.6. The fourth-order valence-corrected chi connectivity index (χ4v) is 9.57. The molecule has 1 aliphatic carbocycles. The molecule has 0 unspecified atom stereocenters. The molecule has 4 aliphatic rings. The number of esters is 1. The van der Waals surface area contributed by atoms with Crippen molar-refractivity contribution >= 4 is 23.4 Å². The highest BCUT2D eigenvalue weighted by atomic mass is 16.7. The Morgan fingerprint density at radius 3 is 2.27 bits per heavy atom. The number of carbonyl (C=O) groups is 4. The number of piperidine rings is 1. The first-order valence-electron chi connectivity index (χ1n) is 21.6. The van der Waals surface area contributed by atoms with Crippen LogP contribution in [0.1, 0.15) is 105 Å². The SMILES string of the molecule is C=C/C=C/C[C@@H]1/C=C(\C)C[C@H](C)C[C@H](OC)[C@H]2O[C@@](O)(C(=O)C(=O)N3CCCC[C@H]3C(=O)O[C@H](/C(C)=C/[C@@H]3CC[C@@H](O)[C@H](OC)C3)[C@H](C)[C@@H](O)CC1=O)[C@H](C)C[C@@H]2OC. The lowest BCUT2D eigenvalue weighted by Gasteiger charge is -2.47. The zero-order chi connectivity index (χ0) is 43.6. The lowest BCUT2D eigenvalue weighted by molar-refractivity contribution is -0.302. The Labute approximate surface area is 351 Å². The van der Waals surface area contributed by atoms with Crippen molar-refractivity contribution in [1.29, 1.82) is 0 Å². The molecule has 13 heteroatoms. The third-order valence-corrected chi connectivity index (χ3v) is 13.1. The second-order valence-corrected chi connectivity index (χ2v) is 17.6. The predicted molar refractivity (Wildman–Crippen MR) is 222 cm³/mol. The third kappa shape index (κ3) is 12.1. The number of methoxy groups -OCH3 is 3. The Morgan fingerprint density at radius 1 is 0.932 bits per heavy atom. The standard InChI is InChI=1S/C46H71NO12/c1-10-11-12-15-33-21-27(2)20-28(3)22-39(56-8)42-40(57-9)24-30(5)46(54,59-42)43(51)44(52)47-19-14-13-16-34(47)45(53)58-41(31(6)36(49)26-37(33)50)29(4)23-32-17-18-35(48)38(25-32)55-7/h10-12,21,23,28,30-36,38-42,48-49,54H,1,13-20,22,24-26H2,2-9H3/b12-11+,27-21+,29-23+/t28-,30+,31+,32-,33+,34-,35+,36-,38+,39-,40-,41+,42+,46+/m0/s1. The molecule has 14 atom stereocenters. The van der Waals surface area contributed by atoms with Gasteiger partial charge in [-0.2, -0.15) is 0 Å². The van der Waals surface area contributed by atoms with Gasteiger partial charge >= 0.3 is 5.97 Å². The number of aliphatic hydroxyl groups is 3. The number of ether oxygens (including phenoxy) is 5. The summed E-state index contributed by atoms with van der Waals surface area (Å²) in [6.07, 6.45) is 8.50. The summed E-state index contributed by atoms with van der Waals surface area (Å²) in [4.78, 5) is 58.1. The van der Waals surface area contributed by atoms with Crippen LogP contribution in [0.3, 0.4) is 0 Å². The van der Waals surface area contributed by atoms with Gasteiger partial charge in [-0.15, -0.1) is 0 Å². The van der Waals surface area contributed by atoms with Crippen LogP contribution < -0.4 is 0 Å². The molecule has 0 aromatic carbocycles. The maximum absolute atomic E-state index is 14.4. The second kappa shape index (κ2) is 22.2. The Bertz CT molecular complexity index is 1560. The number of nitrogens with zero attached hydrogens (tertiary/aromatic N) is 1. The minimum Gasteiger partial charge on any atom is -0.456 e. The van der Waals surface area contributed by atoms with Gasteiger partial charge in [0.1, 0.15) is 24.0 Å². The monoisotopic (exact) mass is 829 g/mol. The first kappa shape index (κ1) is 48.6. The molecule has 0 aromatic rings. The van der Waals surface area contributed by atoms with E-state index in [2.05, 4.69) is 6.58 Å². The maximum Gasteiger partial charge on any atom is 0.329 e. The number of amides is 1. The average molecular weight is 830 g/mol. The van der Waals surface area contributed by atoms with E-state index < -0.39 is 83.9 Å². The minimum atomic E-state index is -2.52. The summed E-state index contributed by atoms with van der Waals surface area (Å²) in [7, 11) is 4.61. The Kier molecular flexibility index (Phi) is 18.3. The van der Waals surface area contributed by atoms with E-state index in [4.69, 9.17) is 23.7 Å². The molecule has 332 valence electrons. The number of hydrogen-bond donors (Lipinski definition) is 3. The number of aliphatic hydroxyl groups excluding tert-OH is 2. The van der Waals surface area contributed by atoms with Crippen molar-refractivity contribution in [3.05, 3.63) is 48.1 Å². The van der Waals surface area contributed by atoms with Crippen molar-refractivity contribution in [2.75, 3.05) is 27.9 Å². The molecule has 1 amide bonds. The van der Waals surface area contributed by atoms with E-state index in [0.29, 0.717) is 56.9 Å². The largest absolute Gasteiger partial charge is 0.456 e. The van der Waals surface area contributed by atoms with Crippen molar-refractivity contribution in [2.45, 2.75) is 160 Å². The molecule has 4 rings (SSSR count). The van der Waals surface area contributed by atoms with Crippen LogP contribution in [0.5, 0.6) is 0 Å². The van der Waals surface area contributed by atoms with Crippen LogP contribution in [0.25, 0.3) is 0 Å². The van der Waals surface area contributed by atoms with E-state index in [9.17, 15) is 34.5 Å². The zero-order valence-electron chi connectivity index (χ0n) is 36.5. The van der Waals surface area contributed by atoms with Gasteiger partial charge in [0, 0.05) is 52.0 Å². The summed E-state index contributed by atoms with van der Waals surface area (Å²) in [6.45, 7) is 13.0. The number of ketones is 2. The molecule has 13 nitrogen and oxygen atoms in total. The number of allylic oxidation sites excluding steroid dienone is 6. The first-order valence-corrected chi connectivity index (χ1v) is 21.6. The smallest absolute Gasteiger partial charge is 0.329 e. The van der Waals surface area contributed by atoms with Crippen LogP contribution in [0.4, 0.5) is 0 Å². The summed E-state index contributed by atoms with van der Waals surface area (Å²) in [5, 5.41) is 34.3. The molecule has 2 bridgehead atoms. The van der Waals surface area contributed by atoms with Gasteiger partial charge in [-0.3, -0.25) is 14.4 Å². The Hall–Kier alpha value is -3.04. The number of Topliss-reactive ketones (excluding diaryl/α,β-unsaturated/α-hetero) is 2. The van der Waals surface area contributed by atoms with E-state index in [1.54, 1.807) is 33.1 Å². The highest BCUT2D eigenvalue weighted by Crippen LogP contribution is 2.39. The highest BCUT2D eigenvalue weighted by molar-refractivity contribution is 6.39. The lowest BCUT2D eigenvalue weighted by atomic mass is 9.81. The zero-order valence-corrected chi connectivity index (χ0v) is 36.5. The molecule has 0 spiro atoms. The van der Waals surface area contributed by atoms with Crippen molar-refractivity contribution in [2.24, 2.45) is 29.6 Å². The normalized spacial score (nSPS) is 40.1. The number of carbonyl (C=O) groups excluding carboxylic acids is 4. The van der Waals surface area contributed by atoms with Crippen molar-refractivity contribution < 1.29 is 58.2 Å². The van der Waals surface area contributed by atoms with Crippen LogP contribution in [-0.2, 0) is 42.9 Å². The average Bonchev–Trinajstić information content (AvgIpc) is 3.21. The first-order chi connectivity index (χ1) is 28.0. The van der Waals surface area contributed by atoms with Gasteiger partial charge < -0.3 is 43.9 Å². The van der Waals surface area contributed by atoms with Gasteiger partial charge in [0.2, 0.25) is 5.79 Å². The van der Waals surface area contributed by atoms with Gasteiger partial charge in [-0.05, 0) is 95.5 Å². The van der Waals surface area contributed by atoms with Gasteiger partial charge in [0.25, 0.3) is 11.7 Å². The van der Waals surface area contributed by atoms with Crippen molar-refractivity contribution in [3.8, 4) is 0 Å². The third-order valence-electron chi connectivity index (χ3n) is 13.1. The molecule has 59 heavy (non-hydrogen) atoms. The molecule has 3 N–H and O–H groups in total. The topological polar surface area (TPSA) is 178 Å². The molecule has 2 saturated heterocycles. The summed E-state index contributed by atoms with van der Waals surface area (Å²) in [5.74, 6) is -7.81. The molecule has 3 heterocycles. The van der Waals surface area contributed by atoms with E-state index in [0.717, 1.165) is 5.57 Å². The van der Waals surface area contributed by atoms with Crippen LogP contribution in [0, 0.1) is 29.6 Å². The van der Waals surface area contributed by atoms with E-state index in [1.807, 2.05) is 39.0 Å². The summed E-state index contributed by atoms with van der Waals surface area (Å²) in [5.41, 5.74) is 1.61. The molecular formula is C46H71NO12. The molecule has 0 aromatic heterocycles. The van der Waals surface area contributed by atoms with E-state index in [-0.39, 0.29) is 49.5 Å². The van der Waals surface area contributed by atoms with Gasteiger partial charge in [-0.1, -0.05) is 63.3 Å². The molecule has 1 saturated carbocycles. The van der Waals surface area contributed by atoms with Crippen LogP contribution in [0.15, 0.2) is 48.1 Å².